The second-order valence-corrected chi connectivity index (χ2v) is 7.27. The number of hydrogen-bond acceptors (Lipinski definition) is 7. The van der Waals surface area contributed by atoms with Crippen molar-refractivity contribution in [3.05, 3.63) is 40.8 Å². The van der Waals surface area contributed by atoms with E-state index in [0.717, 1.165) is 67.7 Å². The van der Waals surface area contributed by atoms with Gasteiger partial charge in [0, 0.05) is 32.2 Å². The number of hydrogen-bond donors (Lipinski definition) is 1. The summed E-state index contributed by atoms with van der Waals surface area (Å²) in [5.74, 6) is 2.23. The van der Waals surface area contributed by atoms with Gasteiger partial charge in [-0.3, -0.25) is 4.90 Å². The molecule has 0 bridgehead atoms. The number of benzene rings is 1. The summed E-state index contributed by atoms with van der Waals surface area (Å²) >= 11 is 0. The largest absolute Gasteiger partial charge is 0.493 e. The van der Waals surface area contributed by atoms with E-state index in [4.69, 9.17) is 18.7 Å². The van der Waals surface area contributed by atoms with Crippen LogP contribution in [0.3, 0.4) is 0 Å². The summed E-state index contributed by atoms with van der Waals surface area (Å²) in [6, 6.07) is 6.46. The van der Waals surface area contributed by atoms with E-state index in [-0.39, 0.29) is 0 Å². The molecular formula is C21H31N3O4. The Labute approximate surface area is 166 Å². The maximum atomic E-state index is 5.95. The highest BCUT2D eigenvalue weighted by molar-refractivity contribution is 5.43. The number of rotatable bonds is 9. The molecule has 7 nitrogen and oxygen atoms in total. The van der Waals surface area contributed by atoms with Crippen molar-refractivity contribution in [1.29, 1.82) is 0 Å². The van der Waals surface area contributed by atoms with Gasteiger partial charge in [0.2, 0.25) is 0 Å². The van der Waals surface area contributed by atoms with Gasteiger partial charge in [0.25, 0.3) is 0 Å². The minimum absolute atomic E-state index is 0.402. The molecule has 0 radical (unpaired) electrons. The minimum Gasteiger partial charge on any atom is -0.493 e. The molecule has 154 valence electrons. The molecule has 1 aromatic heterocycles. The summed E-state index contributed by atoms with van der Waals surface area (Å²) in [4.78, 5) is 2.44. The van der Waals surface area contributed by atoms with Crippen LogP contribution in [-0.4, -0.2) is 56.1 Å². The van der Waals surface area contributed by atoms with Gasteiger partial charge in [0.15, 0.2) is 11.5 Å². The monoisotopic (exact) mass is 389 g/mol. The Bertz CT molecular complexity index is 737. The summed E-state index contributed by atoms with van der Waals surface area (Å²) < 4.78 is 22.1. The van der Waals surface area contributed by atoms with Crippen molar-refractivity contribution < 1.29 is 18.7 Å². The molecule has 2 heterocycles. The highest BCUT2D eigenvalue weighted by atomic mass is 16.5. The van der Waals surface area contributed by atoms with Crippen LogP contribution in [0.5, 0.6) is 11.5 Å². The van der Waals surface area contributed by atoms with E-state index in [1.807, 2.05) is 26.0 Å². The van der Waals surface area contributed by atoms with Gasteiger partial charge in [-0.1, -0.05) is 11.2 Å². The average Bonchev–Trinajstić information content (AvgIpc) is 3.03. The molecule has 1 aromatic carbocycles. The number of methoxy groups -OCH3 is 1. The SMILES string of the molecule is COc1cc(CNC(C)CN2CCOCC2)ccc1OCc1c(C)noc1C. The minimum atomic E-state index is 0.402. The average molecular weight is 389 g/mol. The van der Waals surface area contributed by atoms with Crippen LogP contribution in [0.4, 0.5) is 0 Å². The molecule has 1 aliphatic rings. The molecule has 1 fully saturated rings. The summed E-state index contributed by atoms with van der Waals surface area (Å²) in [6.45, 7) is 11.9. The first-order valence-electron chi connectivity index (χ1n) is 9.81. The van der Waals surface area contributed by atoms with Crippen molar-refractivity contribution in [2.45, 2.75) is 40.0 Å². The van der Waals surface area contributed by atoms with Crippen LogP contribution in [0.1, 0.15) is 29.5 Å². The second-order valence-electron chi connectivity index (χ2n) is 7.27. The number of ether oxygens (including phenoxy) is 3. The van der Waals surface area contributed by atoms with Gasteiger partial charge in [0.05, 0.1) is 31.6 Å². The van der Waals surface area contributed by atoms with Gasteiger partial charge in [-0.05, 0) is 38.5 Å². The molecule has 1 atom stereocenters. The first-order chi connectivity index (χ1) is 13.6. The Balaban J connectivity index is 1.53. The molecule has 2 aromatic rings. The van der Waals surface area contributed by atoms with E-state index < -0.39 is 0 Å². The van der Waals surface area contributed by atoms with Gasteiger partial charge in [-0.25, -0.2) is 0 Å². The molecule has 1 unspecified atom stereocenters. The van der Waals surface area contributed by atoms with Crippen LogP contribution in [0.25, 0.3) is 0 Å². The first-order valence-corrected chi connectivity index (χ1v) is 9.81. The smallest absolute Gasteiger partial charge is 0.161 e. The van der Waals surface area contributed by atoms with Crippen molar-refractivity contribution in [2.24, 2.45) is 0 Å². The molecule has 1 saturated heterocycles. The lowest BCUT2D eigenvalue weighted by Gasteiger charge is -2.29. The Kier molecular flexibility index (Phi) is 7.30. The molecule has 0 amide bonds. The highest BCUT2D eigenvalue weighted by Crippen LogP contribution is 2.29. The molecule has 0 spiro atoms. The number of aryl methyl sites for hydroxylation is 2. The van der Waals surface area contributed by atoms with Gasteiger partial charge >= 0.3 is 0 Å². The normalized spacial score (nSPS) is 16.1. The molecule has 1 N–H and O–H groups in total. The number of morpholine rings is 1. The summed E-state index contributed by atoms with van der Waals surface area (Å²) in [5.41, 5.74) is 2.99. The quantitative estimate of drug-likeness (QED) is 0.707. The standard InChI is InChI=1S/C21H31N3O4/c1-15(13-24-7-9-26-10-8-24)22-12-18-5-6-20(21(11-18)25-4)27-14-19-16(2)23-28-17(19)3/h5-6,11,15,22H,7-10,12-14H2,1-4H3. The van der Waals surface area contributed by atoms with Gasteiger partial charge in [-0.15, -0.1) is 0 Å². The molecule has 0 saturated carbocycles. The molecule has 28 heavy (non-hydrogen) atoms. The third-order valence-electron chi connectivity index (χ3n) is 5.07. The molecule has 7 heteroatoms. The lowest BCUT2D eigenvalue weighted by molar-refractivity contribution is 0.0343. The zero-order valence-electron chi connectivity index (χ0n) is 17.3. The van der Waals surface area contributed by atoms with Crippen LogP contribution in [0.2, 0.25) is 0 Å². The van der Waals surface area contributed by atoms with Gasteiger partial charge < -0.3 is 24.1 Å². The number of nitrogens with one attached hydrogen (secondary N) is 1. The number of aromatic nitrogens is 1. The fraction of sp³-hybridized carbons (Fsp3) is 0.571. The lowest BCUT2D eigenvalue weighted by Crippen LogP contribution is -2.44. The Hall–Kier alpha value is -2.09. The Morgan fingerprint density at radius 2 is 2.00 bits per heavy atom. The van der Waals surface area contributed by atoms with Gasteiger partial charge in [0.1, 0.15) is 12.4 Å². The maximum Gasteiger partial charge on any atom is 0.161 e. The van der Waals surface area contributed by atoms with E-state index in [2.05, 4.69) is 28.4 Å². The van der Waals surface area contributed by atoms with E-state index >= 15 is 0 Å². The van der Waals surface area contributed by atoms with E-state index in [9.17, 15) is 0 Å². The van der Waals surface area contributed by atoms with E-state index in [0.29, 0.717) is 18.4 Å². The van der Waals surface area contributed by atoms with E-state index in [1.165, 1.54) is 0 Å². The molecular weight excluding hydrogens is 358 g/mol. The van der Waals surface area contributed by atoms with Gasteiger partial charge in [-0.2, -0.15) is 0 Å². The lowest BCUT2D eigenvalue weighted by atomic mass is 10.1. The molecule has 3 rings (SSSR count). The number of nitrogens with zero attached hydrogens (tertiary/aromatic N) is 2. The van der Waals surface area contributed by atoms with Crippen LogP contribution in [0.15, 0.2) is 22.7 Å². The van der Waals surface area contributed by atoms with Crippen LogP contribution in [0, 0.1) is 13.8 Å². The zero-order valence-corrected chi connectivity index (χ0v) is 17.3. The van der Waals surface area contributed by atoms with Crippen LogP contribution in [-0.2, 0) is 17.9 Å². The first kappa shape index (κ1) is 20.6. The fourth-order valence-corrected chi connectivity index (χ4v) is 3.33. The van der Waals surface area contributed by atoms with Crippen molar-refractivity contribution in [3.63, 3.8) is 0 Å². The zero-order chi connectivity index (χ0) is 19.9. The topological polar surface area (TPSA) is 69.0 Å². The van der Waals surface area contributed by atoms with Crippen molar-refractivity contribution in [3.8, 4) is 11.5 Å². The van der Waals surface area contributed by atoms with Crippen LogP contribution < -0.4 is 14.8 Å². The summed E-state index contributed by atoms with van der Waals surface area (Å²) in [7, 11) is 1.66. The van der Waals surface area contributed by atoms with Crippen molar-refractivity contribution in [1.82, 2.24) is 15.4 Å². The van der Waals surface area contributed by atoms with Crippen molar-refractivity contribution >= 4 is 0 Å². The third kappa shape index (κ3) is 5.47. The predicted molar refractivity (Wildman–Crippen MR) is 107 cm³/mol. The van der Waals surface area contributed by atoms with E-state index in [1.54, 1.807) is 7.11 Å². The molecule has 0 aliphatic carbocycles. The Morgan fingerprint density at radius 1 is 1.21 bits per heavy atom. The Morgan fingerprint density at radius 3 is 2.68 bits per heavy atom. The summed E-state index contributed by atoms with van der Waals surface area (Å²) in [5, 5.41) is 7.55. The summed E-state index contributed by atoms with van der Waals surface area (Å²) in [6.07, 6.45) is 0. The third-order valence-corrected chi connectivity index (χ3v) is 5.07. The fourth-order valence-electron chi connectivity index (χ4n) is 3.33. The molecule has 1 aliphatic heterocycles. The highest BCUT2D eigenvalue weighted by Gasteiger charge is 2.14. The van der Waals surface area contributed by atoms with Crippen LogP contribution >= 0.6 is 0 Å². The van der Waals surface area contributed by atoms with Crippen molar-refractivity contribution in [2.75, 3.05) is 40.0 Å². The second kappa shape index (κ2) is 9.91. The maximum absolute atomic E-state index is 5.95. The predicted octanol–water partition coefficient (Wildman–Crippen LogP) is 2.69.